The molecule has 3 N–H and O–H groups in total. The van der Waals surface area contributed by atoms with Crippen LogP contribution in [0, 0.1) is 11.6 Å². The molecule has 2 atom stereocenters. The Hall–Kier alpha value is -2.09. The van der Waals surface area contributed by atoms with Crippen LogP contribution in [-0.2, 0) is 5.75 Å². The Morgan fingerprint density at radius 1 is 1.33 bits per heavy atom. The van der Waals surface area contributed by atoms with Crippen LogP contribution in [0.1, 0.15) is 5.56 Å². The van der Waals surface area contributed by atoms with Gasteiger partial charge >= 0.3 is 6.09 Å². The van der Waals surface area contributed by atoms with Crippen molar-refractivity contribution >= 4 is 61.3 Å². The monoisotopic (exact) mass is 517 g/mol. The molecule has 0 spiro atoms. The van der Waals surface area contributed by atoms with Gasteiger partial charge in [0.05, 0.1) is 18.7 Å². The standard InChI is InChI=1S/C17H14BrF2N5O3S2/c18-15-22-14-12(30-15)13(21-9-4-25(17(27)28)5-10(9)26)23-16(24-14)29-6-7-2-1-3-8(19)11(7)20/h1-3,9-10,26H,4-6H2,(H,27,28)(H,21,23,24)/t9-,10-/m1/s1. The number of carboxylic acid groups (broad SMARTS) is 1. The molecule has 0 radical (unpaired) electrons. The van der Waals surface area contributed by atoms with Gasteiger partial charge in [-0.25, -0.2) is 28.5 Å². The molecule has 13 heteroatoms. The molecule has 1 aliphatic rings. The number of aliphatic hydroxyl groups is 1. The van der Waals surface area contributed by atoms with Gasteiger partial charge in [0.2, 0.25) is 0 Å². The van der Waals surface area contributed by atoms with Crippen molar-refractivity contribution in [2.75, 3.05) is 18.4 Å². The lowest BCUT2D eigenvalue weighted by Gasteiger charge is -2.16. The summed E-state index contributed by atoms with van der Waals surface area (Å²) in [7, 11) is 0. The minimum Gasteiger partial charge on any atom is -0.465 e. The molecule has 0 saturated carbocycles. The number of β-amino-alcohol motifs (C(OH)–C–C–N with tert-alkyl or cyclic N) is 1. The summed E-state index contributed by atoms with van der Waals surface area (Å²) in [5.41, 5.74) is 0.579. The fourth-order valence-corrected chi connectivity index (χ4v) is 5.16. The maximum atomic E-state index is 13.9. The summed E-state index contributed by atoms with van der Waals surface area (Å²) in [4.78, 5) is 25.4. The molecular weight excluding hydrogens is 504 g/mol. The number of anilines is 1. The van der Waals surface area contributed by atoms with E-state index in [1.807, 2.05) is 0 Å². The van der Waals surface area contributed by atoms with Crippen molar-refractivity contribution in [1.82, 2.24) is 19.9 Å². The minimum atomic E-state index is -1.11. The van der Waals surface area contributed by atoms with Gasteiger partial charge in [-0.3, -0.25) is 0 Å². The number of carbonyl (C=O) groups is 1. The normalized spacial score (nSPS) is 18.9. The molecule has 0 bridgehead atoms. The average molecular weight is 518 g/mol. The van der Waals surface area contributed by atoms with E-state index >= 15 is 0 Å². The van der Waals surface area contributed by atoms with Crippen molar-refractivity contribution < 1.29 is 23.8 Å². The van der Waals surface area contributed by atoms with Crippen molar-refractivity contribution in [2.24, 2.45) is 0 Å². The van der Waals surface area contributed by atoms with E-state index in [0.29, 0.717) is 20.1 Å². The highest BCUT2D eigenvalue weighted by atomic mass is 79.9. The number of amides is 1. The van der Waals surface area contributed by atoms with Crippen LogP contribution >= 0.6 is 39.0 Å². The lowest BCUT2D eigenvalue weighted by Crippen LogP contribution is -2.33. The molecule has 30 heavy (non-hydrogen) atoms. The number of hydrogen-bond donors (Lipinski definition) is 3. The van der Waals surface area contributed by atoms with Gasteiger partial charge in [0.15, 0.2) is 32.2 Å². The number of halogens is 3. The third-order valence-corrected chi connectivity index (χ3v) is 6.88. The zero-order valence-electron chi connectivity index (χ0n) is 15.0. The number of fused-ring (bicyclic) bond motifs is 1. The summed E-state index contributed by atoms with van der Waals surface area (Å²) in [6.45, 7) is 0.0903. The first-order valence-electron chi connectivity index (χ1n) is 8.64. The summed E-state index contributed by atoms with van der Waals surface area (Å²) < 4.78 is 28.5. The van der Waals surface area contributed by atoms with Gasteiger partial charge in [0.25, 0.3) is 0 Å². The van der Waals surface area contributed by atoms with Crippen molar-refractivity contribution in [2.45, 2.75) is 23.1 Å². The number of nitrogens with zero attached hydrogens (tertiary/aromatic N) is 4. The lowest BCUT2D eigenvalue weighted by molar-refractivity contribution is 0.139. The second kappa shape index (κ2) is 8.57. The van der Waals surface area contributed by atoms with E-state index in [1.54, 1.807) is 0 Å². The largest absolute Gasteiger partial charge is 0.465 e. The number of nitrogens with one attached hydrogen (secondary N) is 1. The molecule has 1 saturated heterocycles. The van der Waals surface area contributed by atoms with Crippen molar-refractivity contribution in [1.29, 1.82) is 0 Å². The number of rotatable bonds is 5. The number of aliphatic hydroxyl groups excluding tert-OH is 1. The molecule has 3 heterocycles. The first-order chi connectivity index (χ1) is 14.3. The molecule has 0 aliphatic carbocycles. The quantitative estimate of drug-likeness (QED) is 0.348. The van der Waals surface area contributed by atoms with Crippen molar-refractivity contribution in [3.05, 3.63) is 39.3 Å². The van der Waals surface area contributed by atoms with Crippen LogP contribution in [0.2, 0.25) is 0 Å². The Morgan fingerprint density at radius 3 is 2.87 bits per heavy atom. The maximum Gasteiger partial charge on any atom is 0.407 e. The number of hydrogen-bond acceptors (Lipinski definition) is 8. The third kappa shape index (κ3) is 4.33. The van der Waals surface area contributed by atoms with Gasteiger partial charge in [-0.05, 0) is 22.0 Å². The molecule has 8 nitrogen and oxygen atoms in total. The van der Waals surface area contributed by atoms with Gasteiger partial charge in [0, 0.05) is 17.9 Å². The van der Waals surface area contributed by atoms with Crippen LogP contribution in [0.5, 0.6) is 0 Å². The van der Waals surface area contributed by atoms with Gasteiger partial charge in [-0.15, -0.1) is 11.3 Å². The molecule has 2 aromatic heterocycles. The first-order valence-corrected chi connectivity index (χ1v) is 11.2. The fourth-order valence-electron chi connectivity index (χ4n) is 3.00. The fraction of sp³-hybridized carbons (Fsp3) is 0.294. The van der Waals surface area contributed by atoms with Gasteiger partial charge < -0.3 is 20.4 Å². The smallest absolute Gasteiger partial charge is 0.407 e. The summed E-state index contributed by atoms with van der Waals surface area (Å²) in [6.07, 6.45) is -2.01. The predicted molar refractivity (Wildman–Crippen MR) is 112 cm³/mol. The predicted octanol–water partition coefficient (Wildman–Crippen LogP) is 3.55. The average Bonchev–Trinajstić information content (AvgIpc) is 3.25. The Balaban J connectivity index is 1.59. The summed E-state index contributed by atoms with van der Waals surface area (Å²) in [6, 6.07) is 3.41. The SMILES string of the molecule is O=C(O)N1C[C@@H](O)[C@H](Nc2nc(SCc3cccc(F)c3F)nc3nc(Br)sc23)C1. The molecule has 1 aliphatic heterocycles. The van der Waals surface area contributed by atoms with Crippen LogP contribution in [0.25, 0.3) is 10.3 Å². The topological polar surface area (TPSA) is 111 Å². The molecule has 158 valence electrons. The van der Waals surface area contributed by atoms with Crippen LogP contribution < -0.4 is 5.32 Å². The van der Waals surface area contributed by atoms with Gasteiger partial charge in [0.1, 0.15) is 4.70 Å². The molecular formula is C17H14BrF2N5O3S2. The Kier molecular flexibility index (Phi) is 6.04. The van der Waals surface area contributed by atoms with E-state index in [2.05, 4.69) is 36.2 Å². The molecule has 1 fully saturated rings. The first kappa shape index (κ1) is 21.2. The third-order valence-electron chi connectivity index (χ3n) is 4.48. The zero-order chi connectivity index (χ0) is 21.4. The van der Waals surface area contributed by atoms with E-state index in [9.17, 15) is 18.7 Å². The highest BCUT2D eigenvalue weighted by molar-refractivity contribution is 9.11. The lowest BCUT2D eigenvalue weighted by atomic mass is 10.2. The van der Waals surface area contributed by atoms with E-state index < -0.39 is 29.9 Å². The molecule has 4 rings (SSSR count). The van der Waals surface area contributed by atoms with E-state index in [4.69, 9.17) is 5.11 Å². The number of benzene rings is 1. The molecule has 1 amide bonds. The molecule has 3 aromatic rings. The number of aromatic nitrogens is 3. The highest BCUT2D eigenvalue weighted by Crippen LogP contribution is 2.33. The second-order valence-electron chi connectivity index (χ2n) is 6.48. The zero-order valence-corrected chi connectivity index (χ0v) is 18.3. The van der Waals surface area contributed by atoms with Crippen molar-refractivity contribution in [3.63, 3.8) is 0 Å². The number of likely N-dealkylation sites (tertiary alicyclic amines) is 1. The van der Waals surface area contributed by atoms with Crippen molar-refractivity contribution in [3.8, 4) is 0 Å². The Labute approximate surface area is 185 Å². The van der Waals surface area contributed by atoms with Crippen LogP contribution in [0.3, 0.4) is 0 Å². The van der Waals surface area contributed by atoms with Crippen LogP contribution in [0.15, 0.2) is 27.3 Å². The van der Waals surface area contributed by atoms with E-state index in [-0.39, 0.29) is 29.6 Å². The number of thiazole rings is 1. The summed E-state index contributed by atoms with van der Waals surface area (Å²) in [5, 5.41) is 22.7. The van der Waals surface area contributed by atoms with Crippen LogP contribution in [0.4, 0.5) is 19.4 Å². The highest BCUT2D eigenvalue weighted by Gasteiger charge is 2.34. The van der Waals surface area contributed by atoms with Crippen LogP contribution in [-0.4, -0.2) is 61.4 Å². The Bertz CT molecular complexity index is 1120. The van der Waals surface area contributed by atoms with Gasteiger partial charge in [-0.2, -0.15) is 0 Å². The number of thioether (sulfide) groups is 1. The van der Waals surface area contributed by atoms with E-state index in [1.165, 1.54) is 23.5 Å². The summed E-state index contributed by atoms with van der Waals surface area (Å²) in [5.74, 6) is -1.34. The Morgan fingerprint density at radius 2 is 2.13 bits per heavy atom. The molecule has 1 aromatic carbocycles. The maximum absolute atomic E-state index is 13.9. The minimum absolute atomic E-state index is 0.00589. The van der Waals surface area contributed by atoms with Gasteiger partial charge in [-0.1, -0.05) is 23.9 Å². The van der Waals surface area contributed by atoms with E-state index in [0.717, 1.165) is 22.7 Å². The molecule has 0 unspecified atom stereocenters. The second-order valence-corrected chi connectivity index (χ2v) is 9.70. The summed E-state index contributed by atoms with van der Waals surface area (Å²) >= 11 is 5.71.